The maximum absolute atomic E-state index is 12.2. The summed E-state index contributed by atoms with van der Waals surface area (Å²) in [7, 11) is 0. The van der Waals surface area contributed by atoms with Gasteiger partial charge in [0.1, 0.15) is 5.66 Å². The van der Waals surface area contributed by atoms with Gasteiger partial charge in [-0.25, -0.2) is 0 Å². The number of para-hydroxylation sites is 1. The molecule has 0 aliphatic carbocycles. The van der Waals surface area contributed by atoms with Crippen LogP contribution in [0.2, 0.25) is 0 Å². The second-order valence-corrected chi connectivity index (χ2v) is 7.21. The van der Waals surface area contributed by atoms with Gasteiger partial charge in [0.15, 0.2) is 0 Å². The molecule has 3 rings (SSSR count). The molecule has 1 saturated heterocycles. The molecule has 1 N–H and O–H groups in total. The van der Waals surface area contributed by atoms with Crippen molar-refractivity contribution in [3.63, 3.8) is 0 Å². The monoisotopic (exact) mass is 301 g/mol. The Morgan fingerprint density at radius 2 is 1.86 bits per heavy atom. The summed E-state index contributed by atoms with van der Waals surface area (Å²) in [5.74, 6) is 0.895. The van der Waals surface area contributed by atoms with Gasteiger partial charge >= 0.3 is 0 Å². The highest BCUT2D eigenvalue weighted by Crippen LogP contribution is 2.31. The van der Waals surface area contributed by atoms with Crippen LogP contribution in [0.25, 0.3) is 0 Å². The molecule has 22 heavy (non-hydrogen) atoms. The molecule has 4 heteroatoms. The normalized spacial score (nSPS) is 22.3. The SMILES string of the molecule is CC1CCN(CCN2c3ccccc3C(=O)NC2(C)C)CC1. The Morgan fingerprint density at radius 3 is 2.59 bits per heavy atom. The van der Waals surface area contributed by atoms with E-state index < -0.39 is 0 Å². The molecular formula is C18H27N3O. The Morgan fingerprint density at radius 1 is 1.18 bits per heavy atom. The summed E-state index contributed by atoms with van der Waals surface area (Å²) in [6, 6.07) is 7.92. The van der Waals surface area contributed by atoms with Crippen LogP contribution in [-0.2, 0) is 0 Å². The van der Waals surface area contributed by atoms with Gasteiger partial charge in [0, 0.05) is 13.1 Å². The van der Waals surface area contributed by atoms with E-state index >= 15 is 0 Å². The molecule has 2 aliphatic heterocycles. The lowest BCUT2D eigenvalue weighted by Gasteiger charge is -2.46. The first-order valence-corrected chi connectivity index (χ1v) is 8.39. The predicted molar refractivity (Wildman–Crippen MR) is 90.2 cm³/mol. The molecule has 1 aromatic rings. The molecular weight excluding hydrogens is 274 g/mol. The second kappa shape index (κ2) is 5.92. The molecule has 2 aliphatic rings. The maximum Gasteiger partial charge on any atom is 0.255 e. The van der Waals surface area contributed by atoms with Crippen LogP contribution in [0.3, 0.4) is 0 Å². The number of carbonyl (C=O) groups is 1. The number of nitrogens with zero attached hydrogens (tertiary/aromatic N) is 2. The average molecular weight is 301 g/mol. The minimum Gasteiger partial charge on any atom is -0.347 e. The first kappa shape index (κ1) is 15.3. The van der Waals surface area contributed by atoms with E-state index in [-0.39, 0.29) is 11.6 Å². The number of nitrogens with one attached hydrogen (secondary N) is 1. The van der Waals surface area contributed by atoms with Crippen molar-refractivity contribution in [2.75, 3.05) is 31.1 Å². The number of likely N-dealkylation sites (tertiary alicyclic amines) is 1. The Labute approximate surface area is 133 Å². The van der Waals surface area contributed by atoms with Crippen LogP contribution in [0.15, 0.2) is 24.3 Å². The number of rotatable bonds is 3. The van der Waals surface area contributed by atoms with Gasteiger partial charge in [-0.05, 0) is 57.8 Å². The summed E-state index contributed by atoms with van der Waals surface area (Å²) in [6.45, 7) is 10.9. The third-order valence-electron chi connectivity index (χ3n) is 5.05. The van der Waals surface area contributed by atoms with Crippen LogP contribution in [0.1, 0.15) is 44.0 Å². The summed E-state index contributed by atoms with van der Waals surface area (Å²) >= 11 is 0. The number of amides is 1. The molecule has 0 spiro atoms. The fourth-order valence-corrected chi connectivity index (χ4v) is 3.54. The first-order chi connectivity index (χ1) is 10.5. The van der Waals surface area contributed by atoms with Gasteiger partial charge in [0.05, 0.1) is 11.3 Å². The van der Waals surface area contributed by atoms with E-state index in [0.29, 0.717) is 0 Å². The summed E-state index contributed by atoms with van der Waals surface area (Å²) in [5, 5.41) is 3.13. The van der Waals surface area contributed by atoms with E-state index in [1.807, 2.05) is 18.2 Å². The Bertz CT molecular complexity index is 547. The summed E-state index contributed by atoms with van der Waals surface area (Å²) in [4.78, 5) is 17.1. The molecule has 0 atom stereocenters. The highest BCUT2D eigenvalue weighted by atomic mass is 16.2. The lowest BCUT2D eigenvalue weighted by molar-refractivity contribution is 0.0895. The maximum atomic E-state index is 12.2. The Balaban J connectivity index is 1.74. The van der Waals surface area contributed by atoms with Crippen molar-refractivity contribution in [1.29, 1.82) is 0 Å². The third kappa shape index (κ3) is 2.98. The molecule has 0 radical (unpaired) electrons. The molecule has 4 nitrogen and oxygen atoms in total. The standard InChI is InChI=1S/C18H27N3O/c1-14-8-10-20(11-9-14)12-13-21-16-7-5-4-6-15(16)17(22)19-18(21,2)3/h4-7,14H,8-13H2,1-3H3,(H,19,22). The zero-order valence-electron chi connectivity index (χ0n) is 13.9. The van der Waals surface area contributed by atoms with Gasteiger partial charge < -0.3 is 15.1 Å². The molecule has 1 fully saturated rings. The molecule has 1 amide bonds. The largest absolute Gasteiger partial charge is 0.347 e. The molecule has 0 unspecified atom stereocenters. The van der Waals surface area contributed by atoms with Crippen molar-refractivity contribution in [1.82, 2.24) is 10.2 Å². The van der Waals surface area contributed by atoms with Crippen molar-refractivity contribution >= 4 is 11.6 Å². The smallest absolute Gasteiger partial charge is 0.255 e. The van der Waals surface area contributed by atoms with Gasteiger partial charge in [-0.1, -0.05) is 19.1 Å². The predicted octanol–water partition coefficient (Wildman–Crippen LogP) is 2.70. The topological polar surface area (TPSA) is 35.6 Å². The molecule has 0 bridgehead atoms. The van der Waals surface area contributed by atoms with Crippen LogP contribution < -0.4 is 10.2 Å². The van der Waals surface area contributed by atoms with E-state index in [1.165, 1.54) is 25.9 Å². The minimum atomic E-state index is -0.339. The number of hydrogen-bond acceptors (Lipinski definition) is 3. The fraction of sp³-hybridized carbons (Fsp3) is 0.611. The average Bonchev–Trinajstić information content (AvgIpc) is 2.48. The van der Waals surface area contributed by atoms with Crippen LogP contribution in [0, 0.1) is 5.92 Å². The van der Waals surface area contributed by atoms with Gasteiger partial charge in [0.25, 0.3) is 5.91 Å². The van der Waals surface area contributed by atoms with E-state index in [9.17, 15) is 4.79 Å². The number of carbonyl (C=O) groups excluding carboxylic acids is 1. The van der Waals surface area contributed by atoms with Gasteiger partial charge in [-0.3, -0.25) is 4.79 Å². The molecule has 1 aromatic carbocycles. The van der Waals surface area contributed by atoms with Crippen LogP contribution in [-0.4, -0.2) is 42.6 Å². The Kier molecular flexibility index (Phi) is 4.13. The third-order valence-corrected chi connectivity index (χ3v) is 5.05. The van der Waals surface area contributed by atoms with Gasteiger partial charge in [-0.2, -0.15) is 0 Å². The molecule has 0 saturated carbocycles. The first-order valence-electron chi connectivity index (χ1n) is 8.39. The second-order valence-electron chi connectivity index (χ2n) is 7.21. The van der Waals surface area contributed by atoms with Crippen molar-refractivity contribution in [2.24, 2.45) is 5.92 Å². The van der Waals surface area contributed by atoms with Crippen molar-refractivity contribution < 1.29 is 4.79 Å². The lowest BCUT2D eigenvalue weighted by atomic mass is 9.99. The number of anilines is 1. The zero-order chi connectivity index (χ0) is 15.7. The minimum absolute atomic E-state index is 0.0312. The summed E-state index contributed by atoms with van der Waals surface area (Å²) in [6.07, 6.45) is 2.60. The van der Waals surface area contributed by atoms with Crippen LogP contribution in [0.4, 0.5) is 5.69 Å². The summed E-state index contributed by atoms with van der Waals surface area (Å²) < 4.78 is 0. The molecule has 120 valence electrons. The van der Waals surface area contributed by atoms with Crippen LogP contribution in [0.5, 0.6) is 0 Å². The fourth-order valence-electron chi connectivity index (χ4n) is 3.54. The van der Waals surface area contributed by atoms with Crippen molar-refractivity contribution in [3.8, 4) is 0 Å². The van der Waals surface area contributed by atoms with E-state index in [1.54, 1.807) is 0 Å². The van der Waals surface area contributed by atoms with E-state index in [4.69, 9.17) is 0 Å². The Hall–Kier alpha value is -1.55. The molecule has 0 aromatic heterocycles. The van der Waals surface area contributed by atoms with Crippen molar-refractivity contribution in [3.05, 3.63) is 29.8 Å². The summed E-state index contributed by atoms with van der Waals surface area (Å²) in [5.41, 5.74) is 1.50. The highest BCUT2D eigenvalue weighted by molar-refractivity contribution is 6.02. The number of benzene rings is 1. The number of fused-ring (bicyclic) bond motifs is 1. The van der Waals surface area contributed by atoms with E-state index in [0.717, 1.165) is 30.3 Å². The zero-order valence-corrected chi connectivity index (χ0v) is 13.9. The highest BCUT2D eigenvalue weighted by Gasteiger charge is 2.36. The van der Waals surface area contributed by atoms with E-state index in [2.05, 4.69) is 42.0 Å². The molecule has 2 heterocycles. The van der Waals surface area contributed by atoms with Crippen LogP contribution >= 0.6 is 0 Å². The van der Waals surface area contributed by atoms with Gasteiger partial charge in [-0.15, -0.1) is 0 Å². The quantitative estimate of drug-likeness (QED) is 0.932. The van der Waals surface area contributed by atoms with Crippen molar-refractivity contribution in [2.45, 2.75) is 39.3 Å². The lowest BCUT2D eigenvalue weighted by Crippen LogP contribution is -2.61. The van der Waals surface area contributed by atoms with Gasteiger partial charge in [0.2, 0.25) is 0 Å². The number of hydrogen-bond donors (Lipinski definition) is 1. The number of piperidine rings is 1.